The topological polar surface area (TPSA) is 12.0 Å². The van der Waals surface area contributed by atoms with E-state index in [1.165, 1.54) is 31.0 Å². The molecular weight excluding hydrogens is 174 g/mol. The summed E-state index contributed by atoms with van der Waals surface area (Å²) in [5.74, 6) is 0. The van der Waals surface area contributed by atoms with Crippen molar-refractivity contribution in [2.24, 2.45) is 0 Å². The molecule has 2 heteroatoms. The molecule has 0 fully saturated rings. The van der Waals surface area contributed by atoms with Gasteiger partial charge < -0.3 is 4.98 Å². The van der Waals surface area contributed by atoms with E-state index in [1.54, 1.807) is 0 Å². The second-order valence-corrected chi connectivity index (χ2v) is 9.15. The van der Waals surface area contributed by atoms with Crippen LogP contribution in [0.25, 0.3) is 0 Å². The molecule has 0 aliphatic heterocycles. The van der Waals surface area contributed by atoms with E-state index in [2.05, 4.69) is 39.6 Å². The molecule has 1 atom stereocenters. The normalized spacial score (nSPS) is 14.5. The summed E-state index contributed by atoms with van der Waals surface area (Å²) in [5, 5.41) is 0. The predicted octanol–water partition coefficient (Wildman–Crippen LogP) is 3.77. The smallest absolute Gasteiger partial charge is 0.125 e. The van der Waals surface area contributed by atoms with E-state index >= 15 is 0 Å². The van der Waals surface area contributed by atoms with Gasteiger partial charge in [0.2, 0.25) is 0 Å². The van der Waals surface area contributed by atoms with Gasteiger partial charge in [-0.3, -0.25) is 0 Å². The van der Waals surface area contributed by atoms with E-state index in [1.807, 2.05) is 0 Å². The first kappa shape index (κ1) is 13.2. The summed E-state index contributed by atoms with van der Waals surface area (Å²) in [6.07, 6.45) is 2.63. The van der Waals surface area contributed by atoms with E-state index < -0.39 is 8.24 Å². The average Bonchev–Trinajstić information content (AvgIpc) is 2.15. The average molecular weight is 201 g/mol. The number of rotatable bonds is 7. The molecule has 0 saturated heterocycles. The maximum atomic E-state index is 3.92. The minimum absolute atomic E-state index is 0.733. The largest absolute Gasteiger partial charge is 0.335 e. The third-order valence-corrected chi connectivity index (χ3v) is 8.47. The Morgan fingerprint density at radius 3 is 1.77 bits per heavy atom. The molecule has 0 heterocycles. The van der Waals surface area contributed by atoms with Crippen LogP contribution in [0, 0.1) is 0 Å². The van der Waals surface area contributed by atoms with Gasteiger partial charge in [-0.1, -0.05) is 41.0 Å². The summed E-state index contributed by atoms with van der Waals surface area (Å²) < 4.78 is 0. The number of nitrogens with one attached hydrogen (secondary N) is 1. The fourth-order valence-electron chi connectivity index (χ4n) is 2.08. The molecule has 13 heavy (non-hydrogen) atoms. The molecule has 0 radical (unpaired) electrons. The molecule has 0 bridgehead atoms. The van der Waals surface area contributed by atoms with Crippen molar-refractivity contribution in [2.75, 3.05) is 0 Å². The van der Waals surface area contributed by atoms with Gasteiger partial charge >= 0.3 is 0 Å². The van der Waals surface area contributed by atoms with Crippen LogP contribution in [-0.2, 0) is 0 Å². The second kappa shape index (κ2) is 6.60. The summed E-state index contributed by atoms with van der Waals surface area (Å²) in [4.78, 5) is 3.92. The summed E-state index contributed by atoms with van der Waals surface area (Å²) in [5.41, 5.74) is 0. The molecule has 0 rings (SSSR count). The Hall–Kier alpha value is 0.177. The van der Waals surface area contributed by atoms with Gasteiger partial charge in [0.05, 0.1) is 0 Å². The number of hydrogen-bond acceptors (Lipinski definition) is 1. The fraction of sp³-hybridized carbons (Fsp3) is 1.00. The lowest BCUT2D eigenvalue weighted by Crippen LogP contribution is -2.52. The Morgan fingerprint density at radius 1 is 1.00 bits per heavy atom. The van der Waals surface area contributed by atoms with E-state index in [9.17, 15) is 0 Å². The Balaban J connectivity index is 4.07. The lowest BCUT2D eigenvalue weighted by molar-refractivity contribution is 0.590. The highest BCUT2D eigenvalue weighted by Gasteiger charge is 2.27. The van der Waals surface area contributed by atoms with Crippen molar-refractivity contribution >= 4 is 8.24 Å². The van der Waals surface area contributed by atoms with Gasteiger partial charge in [-0.25, -0.2) is 0 Å². The van der Waals surface area contributed by atoms with Crippen molar-refractivity contribution in [1.29, 1.82) is 0 Å². The third-order valence-electron chi connectivity index (χ3n) is 3.30. The minimum atomic E-state index is -1.07. The van der Waals surface area contributed by atoms with Crippen molar-refractivity contribution in [3.05, 3.63) is 0 Å². The van der Waals surface area contributed by atoms with E-state index in [-0.39, 0.29) is 0 Å². The molecule has 0 aliphatic carbocycles. The monoisotopic (exact) mass is 201 g/mol. The molecule has 0 amide bonds. The van der Waals surface area contributed by atoms with Crippen molar-refractivity contribution in [3.63, 3.8) is 0 Å². The van der Waals surface area contributed by atoms with E-state index in [0.29, 0.717) is 0 Å². The number of hydrogen-bond donors (Lipinski definition) is 1. The van der Waals surface area contributed by atoms with Crippen LogP contribution in [0.1, 0.15) is 47.5 Å². The predicted molar refractivity (Wildman–Crippen MR) is 64.7 cm³/mol. The van der Waals surface area contributed by atoms with E-state index in [0.717, 1.165) is 6.04 Å². The van der Waals surface area contributed by atoms with Crippen LogP contribution in [0.2, 0.25) is 18.1 Å². The Labute approximate surface area is 85.4 Å². The van der Waals surface area contributed by atoms with Gasteiger partial charge in [0.15, 0.2) is 0 Å². The van der Waals surface area contributed by atoms with Gasteiger partial charge in [-0.2, -0.15) is 0 Å². The van der Waals surface area contributed by atoms with E-state index in [4.69, 9.17) is 0 Å². The van der Waals surface area contributed by atoms with Crippen molar-refractivity contribution in [1.82, 2.24) is 4.98 Å². The van der Waals surface area contributed by atoms with Gasteiger partial charge in [-0.15, -0.1) is 0 Å². The Kier molecular flexibility index (Phi) is 6.69. The zero-order valence-corrected chi connectivity index (χ0v) is 11.1. The molecule has 1 N–H and O–H groups in total. The maximum absolute atomic E-state index is 3.92. The SMILES string of the molecule is CCCC(C)N[Si](CC)(CC)CC. The lowest BCUT2D eigenvalue weighted by atomic mass is 10.2. The zero-order valence-electron chi connectivity index (χ0n) is 10.1. The first-order valence-electron chi connectivity index (χ1n) is 5.91. The Bertz CT molecular complexity index is 113. The highest BCUT2D eigenvalue weighted by Crippen LogP contribution is 2.18. The molecular formula is C11H27NSi. The molecule has 0 aromatic heterocycles. The summed E-state index contributed by atoms with van der Waals surface area (Å²) in [7, 11) is -1.07. The molecule has 0 aliphatic rings. The van der Waals surface area contributed by atoms with Crippen LogP contribution in [0.5, 0.6) is 0 Å². The quantitative estimate of drug-likeness (QED) is 0.618. The standard InChI is InChI=1S/C11H27NSi/c1-6-10-11(5)12-13(7-2,8-3)9-4/h11-12H,6-10H2,1-5H3. The van der Waals surface area contributed by atoms with Crippen molar-refractivity contribution in [3.8, 4) is 0 Å². The van der Waals surface area contributed by atoms with Gasteiger partial charge in [0.25, 0.3) is 0 Å². The van der Waals surface area contributed by atoms with Crippen molar-refractivity contribution < 1.29 is 0 Å². The minimum Gasteiger partial charge on any atom is -0.335 e. The van der Waals surface area contributed by atoms with Crippen LogP contribution in [0.4, 0.5) is 0 Å². The van der Waals surface area contributed by atoms with Gasteiger partial charge in [0.1, 0.15) is 8.24 Å². The van der Waals surface area contributed by atoms with Crippen molar-refractivity contribution in [2.45, 2.75) is 71.6 Å². The summed E-state index contributed by atoms with van der Waals surface area (Å²) in [6, 6.07) is 4.88. The maximum Gasteiger partial charge on any atom is 0.125 e. The highest BCUT2D eigenvalue weighted by atomic mass is 28.3. The first-order chi connectivity index (χ1) is 6.14. The van der Waals surface area contributed by atoms with Crippen LogP contribution in [0.3, 0.4) is 0 Å². The third kappa shape index (κ3) is 4.27. The van der Waals surface area contributed by atoms with Crippen LogP contribution >= 0.6 is 0 Å². The molecule has 1 unspecified atom stereocenters. The lowest BCUT2D eigenvalue weighted by Gasteiger charge is -2.32. The molecule has 0 saturated carbocycles. The molecule has 80 valence electrons. The molecule has 1 nitrogen and oxygen atoms in total. The fourth-order valence-corrected chi connectivity index (χ4v) is 5.39. The van der Waals surface area contributed by atoms with Crippen LogP contribution < -0.4 is 4.98 Å². The van der Waals surface area contributed by atoms with Gasteiger partial charge in [0, 0.05) is 0 Å². The molecule has 0 aromatic carbocycles. The molecule has 0 aromatic rings. The molecule has 0 spiro atoms. The Morgan fingerprint density at radius 2 is 1.46 bits per heavy atom. The summed E-state index contributed by atoms with van der Waals surface area (Å²) in [6.45, 7) is 11.7. The van der Waals surface area contributed by atoms with Crippen LogP contribution in [0.15, 0.2) is 0 Å². The van der Waals surface area contributed by atoms with Crippen LogP contribution in [-0.4, -0.2) is 14.3 Å². The summed E-state index contributed by atoms with van der Waals surface area (Å²) >= 11 is 0. The highest BCUT2D eigenvalue weighted by molar-refractivity contribution is 6.77. The second-order valence-electron chi connectivity index (χ2n) is 4.18. The first-order valence-corrected chi connectivity index (χ1v) is 8.53. The van der Waals surface area contributed by atoms with Gasteiger partial charge in [-0.05, 0) is 30.6 Å². The zero-order chi connectivity index (χ0) is 10.3.